The first-order valence-corrected chi connectivity index (χ1v) is 7.67. The lowest BCUT2D eigenvalue weighted by atomic mass is 9.96. The molecule has 0 bridgehead atoms. The standard InChI is InChI=1S/C14H18O3S/c1-12-7-9-14(10-8-12)18(15,16)17-11-13-5-3-2-4-6-13/h7-11H,2-6H2,1H3. The van der Waals surface area contributed by atoms with Gasteiger partial charge in [0.1, 0.15) is 11.2 Å². The summed E-state index contributed by atoms with van der Waals surface area (Å²) in [6, 6.07) is 6.68. The van der Waals surface area contributed by atoms with Gasteiger partial charge in [-0.1, -0.05) is 24.1 Å². The zero-order valence-corrected chi connectivity index (χ0v) is 11.4. The van der Waals surface area contributed by atoms with Gasteiger partial charge in [-0.2, -0.15) is 8.42 Å². The van der Waals surface area contributed by atoms with E-state index < -0.39 is 10.1 Å². The molecule has 0 aromatic heterocycles. The van der Waals surface area contributed by atoms with Crippen molar-refractivity contribution in [3.8, 4) is 0 Å². The van der Waals surface area contributed by atoms with E-state index in [2.05, 4.69) is 0 Å². The summed E-state index contributed by atoms with van der Waals surface area (Å²) in [7, 11) is -3.65. The fraction of sp³-hybridized carbons (Fsp3) is 0.429. The highest BCUT2D eigenvalue weighted by Crippen LogP contribution is 2.23. The van der Waals surface area contributed by atoms with E-state index in [1.54, 1.807) is 24.3 Å². The minimum absolute atomic E-state index is 0.209. The number of benzene rings is 1. The predicted octanol–water partition coefficient (Wildman–Crippen LogP) is 3.55. The summed E-state index contributed by atoms with van der Waals surface area (Å²) in [5, 5.41) is 0. The van der Waals surface area contributed by atoms with Gasteiger partial charge in [0.15, 0.2) is 0 Å². The Morgan fingerprint density at radius 3 is 2.28 bits per heavy atom. The molecule has 0 heterocycles. The van der Waals surface area contributed by atoms with E-state index in [1.807, 2.05) is 6.92 Å². The Hall–Kier alpha value is -1.29. The topological polar surface area (TPSA) is 43.4 Å². The fourth-order valence-corrected chi connectivity index (χ4v) is 2.86. The van der Waals surface area contributed by atoms with Crippen molar-refractivity contribution in [3.05, 3.63) is 41.7 Å². The van der Waals surface area contributed by atoms with E-state index in [0.717, 1.165) is 36.8 Å². The zero-order chi connectivity index (χ0) is 13.0. The third kappa shape index (κ3) is 3.35. The van der Waals surface area contributed by atoms with E-state index in [1.165, 1.54) is 12.7 Å². The number of hydrogen-bond acceptors (Lipinski definition) is 3. The second kappa shape index (κ2) is 5.57. The monoisotopic (exact) mass is 266 g/mol. The van der Waals surface area contributed by atoms with Crippen LogP contribution in [-0.2, 0) is 14.3 Å². The molecule has 4 heteroatoms. The predicted molar refractivity (Wildman–Crippen MR) is 70.6 cm³/mol. The van der Waals surface area contributed by atoms with Gasteiger partial charge in [-0.05, 0) is 50.3 Å². The highest BCUT2D eigenvalue weighted by molar-refractivity contribution is 7.86. The molecule has 0 N–H and O–H groups in total. The van der Waals surface area contributed by atoms with E-state index in [-0.39, 0.29) is 4.90 Å². The molecule has 98 valence electrons. The fourth-order valence-electron chi connectivity index (χ4n) is 2.02. The summed E-state index contributed by atoms with van der Waals surface area (Å²) in [5.41, 5.74) is 2.12. The van der Waals surface area contributed by atoms with Crippen molar-refractivity contribution < 1.29 is 12.6 Å². The van der Waals surface area contributed by atoms with Crippen molar-refractivity contribution >= 4 is 10.1 Å². The van der Waals surface area contributed by atoms with Gasteiger partial charge in [0.2, 0.25) is 0 Å². The molecule has 0 aliphatic heterocycles. The SMILES string of the molecule is Cc1ccc(S(=O)(=O)OC=C2CCCCC2)cc1. The van der Waals surface area contributed by atoms with Crippen LogP contribution in [0.3, 0.4) is 0 Å². The van der Waals surface area contributed by atoms with Gasteiger partial charge in [-0.25, -0.2) is 0 Å². The second-order valence-corrected chi connectivity index (χ2v) is 6.27. The van der Waals surface area contributed by atoms with Crippen molar-refractivity contribution in [3.63, 3.8) is 0 Å². The Morgan fingerprint density at radius 2 is 1.67 bits per heavy atom. The largest absolute Gasteiger partial charge is 0.387 e. The Kier molecular flexibility index (Phi) is 4.07. The first-order chi connectivity index (χ1) is 8.58. The van der Waals surface area contributed by atoms with Crippen molar-refractivity contribution in [1.82, 2.24) is 0 Å². The van der Waals surface area contributed by atoms with Crippen molar-refractivity contribution in [1.29, 1.82) is 0 Å². The molecule has 1 aromatic rings. The average molecular weight is 266 g/mol. The van der Waals surface area contributed by atoms with Crippen LogP contribution < -0.4 is 0 Å². The number of aryl methyl sites for hydroxylation is 1. The van der Waals surface area contributed by atoms with Crippen LogP contribution in [0, 0.1) is 6.92 Å². The van der Waals surface area contributed by atoms with Gasteiger partial charge in [0.25, 0.3) is 0 Å². The maximum Gasteiger partial charge on any atom is 0.338 e. The molecule has 3 nitrogen and oxygen atoms in total. The molecule has 1 fully saturated rings. The molecule has 18 heavy (non-hydrogen) atoms. The van der Waals surface area contributed by atoms with Crippen LogP contribution in [-0.4, -0.2) is 8.42 Å². The molecule has 1 saturated carbocycles. The summed E-state index contributed by atoms with van der Waals surface area (Å²) >= 11 is 0. The summed E-state index contributed by atoms with van der Waals surface area (Å²) < 4.78 is 28.8. The summed E-state index contributed by atoms with van der Waals surface area (Å²) in [5.74, 6) is 0. The average Bonchev–Trinajstić information content (AvgIpc) is 2.38. The smallest absolute Gasteiger partial charge is 0.338 e. The van der Waals surface area contributed by atoms with E-state index >= 15 is 0 Å². The van der Waals surface area contributed by atoms with Gasteiger partial charge in [0, 0.05) is 0 Å². The van der Waals surface area contributed by atoms with E-state index in [9.17, 15) is 8.42 Å². The lowest BCUT2D eigenvalue weighted by molar-refractivity contribution is 0.431. The third-order valence-corrected chi connectivity index (χ3v) is 4.35. The molecule has 1 aliphatic rings. The Labute approximate surface area is 109 Å². The highest BCUT2D eigenvalue weighted by atomic mass is 32.2. The van der Waals surface area contributed by atoms with Crippen molar-refractivity contribution in [2.75, 3.05) is 0 Å². The molecule has 0 amide bonds. The Bertz CT molecular complexity index is 519. The number of rotatable bonds is 3. The first kappa shape index (κ1) is 13.1. The minimum atomic E-state index is -3.65. The molecule has 1 aromatic carbocycles. The van der Waals surface area contributed by atoms with Crippen molar-refractivity contribution in [2.24, 2.45) is 0 Å². The summed E-state index contributed by atoms with van der Waals surface area (Å²) in [6.07, 6.45) is 6.79. The molecule has 0 spiro atoms. The van der Waals surface area contributed by atoms with Crippen LogP contribution in [0.25, 0.3) is 0 Å². The number of allylic oxidation sites excluding steroid dienone is 1. The molecule has 0 radical (unpaired) electrons. The quantitative estimate of drug-likeness (QED) is 0.620. The first-order valence-electron chi connectivity index (χ1n) is 6.26. The molecule has 1 aliphatic carbocycles. The lowest BCUT2D eigenvalue weighted by Gasteiger charge is -2.13. The van der Waals surface area contributed by atoms with Gasteiger partial charge >= 0.3 is 10.1 Å². The lowest BCUT2D eigenvalue weighted by Crippen LogP contribution is -2.04. The molecule has 0 atom stereocenters. The summed E-state index contributed by atoms with van der Waals surface area (Å²) in [4.78, 5) is 0.209. The Morgan fingerprint density at radius 1 is 1.06 bits per heavy atom. The minimum Gasteiger partial charge on any atom is -0.387 e. The number of hydrogen-bond donors (Lipinski definition) is 0. The second-order valence-electron chi connectivity index (χ2n) is 4.70. The van der Waals surface area contributed by atoms with Gasteiger partial charge in [-0.15, -0.1) is 0 Å². The van der Waals surface area contributed by atoms with Crippen LogP contribution >= 0.6 is 0 Å². The van der Waals surface area contributed by atoms with Gasteiger partial charge < -0.3 is 4.18 Å². The van der Waals surface area contributed by atoms with E-state index in [0.29, 0.717) is 0 Å². The molecule has 0 unspecified atom stereocenters. The van der Waals surface area contributed by atoms with Gasteiger partial charge in [-0.3, -0.25) is 0 Å². The molecule has 0 saturated heterocycles. The third-order valence-electron chi connectivity index (χ3n) is 3.15. The molecular formula is C14H18O3S. The normalized spacial score (nSPS) is 16.4. The van der Waals surface area contributed by atoms with E-state index in [4.69, 9.17) is 4.18 Å². The highest BCUT2D eigenvalue weighted by Gasteiger charge is 2.15. The van der Waals surface area contributed by atoms with Crippen LogP contribution in [0.15, 0.2) is 41.0 Å². The van der Waals surface area contributed by atoms with Crippen LogP contribution in [0.1, 0.15) is 37.7 Å². The van der Waals surface area contributed by atoms with Crippen LogP contribution in [0.5, 0.6) is 0 Å². The maximum absolute atomic E-state index is 11.9. The molecular weight excluding hydrogens is 248 g/mol. The van der Waals surface area contributed by atoms with Crippen molar-refractivity contribution in [2.45, 2.75) is 43.9 Å². The van der Waals surface area contributed by atoms with Crippen LogP contribution in [0.2, 0.25) is 0 Å². The molecule has 2 rings (SSSR count). The zero-order valence-electron chi connectivity index (χ0n) is 10.6. The maximum atomic E-state index is 11.9. The summed E-state index contributed by atoms with van der Waals surface area (Å²) in [6.45, 7) is 1.92. The Balaban J connectivity index is 2.09. The van der Waals surface area contributed by atoms with Crippen LogP contribution in [0.4, 0.5) is 0 Å². The van der Waals surface area contributed by atoms with Gasteiger partial charge in [0.05, 0.1) is 0 Å².